The third-order valence-corrected chi connectivity index (χ3v) is 5.82. The van der Waals surface area contributed by atoms with Gasteiger partial charge in [-0.15, -0.1) is 23.1 Å². The first-order valence-electron chi connectivity index (χ1n) is 9.20. The zero-order valence-corrected chi connectivity index (χ0v) is 18.6. The smallest absolute Gasteiger partial charge is 0.340 e. The predicted molar refractivity (Wildman–Crippen MR) is 118 cm³/mol. The Morgan fingerprint density at radius 3 is 2.61 bits per heavy atom. The number of amides is 3. The second kappa shape index (κ2) is 12.1. The van der Waals surface area contributed by atoms with Crippen LogP contribution in [0.15, 0.2) is 40.6 Å². The van der Waals surface area contributed by atoms with Gasteiger partial charge in [0.15, 0.2) is 6.10 Å². The van der Waals surface area contributed by atoms with Gasteiger partial charge in [0.2, 0.25) is 5.91 Å². The summed E-state index contributed by atoms with van der Waals surface area (Å²) < 4.78 is 10.2. The summed E-state index contributed by atoms with van der Waals surface area (Å²) in [7, 11) is 1.54. The lowest BCUT2D eigenvalue weighted by Gasteiger charge is -2.15. The molecular formula is C20H23N3O6S2. The molecular weight excluding hydrogens is 442 g/mol. The molecule has 0 fully saturated rings. The average molecular weight is 466 g/mol. The lowest BCUT2D eigenvalue weighted by molar-refractivity contribution is -0.123. The van der Waals surface area contributed by atoms with Gasteiger partial charge in [-0.25, -0.2) is 4.79 Å². The number of anilines is 1. The van der Waals surface area contributed by atoms with Crippen molar-refractivity contribution in [1.82, 2.24) is 5.32 Å². The predicted octanol–water partition coefficient (Wildman–Crippen LogP) is 1.89. The van der Waals surface area contributed by atoms with Gasteiger partial charge in [0.1, 0.15) is 5.00 Å². The summed E-state index contributed by atoms with van der Waals surface area (Å²) in [6.07, 6.45) is -1.12. The number of rotatable bonds is 11. The highest BCUT2D eigenvalue weighted by Gasteiger charge is 2.23. The van der Waals surface area contributed by atoms with Crippen molar-refractivity contribution in [1.29, 1.82) is 0 Å². The molecule has 166 valence electrons. The summed E-state index contributed by atoms with van der Waals surface area (Å²) in [5.74, 6) is -2.05. The molecule has 1 aromatic heterocycles. The molecule has 0 bridgehead atoms. The summed E-state index contributed by atoms with van der Waals surface area (Å²) in [5.41, 5.74) is 5.69. The Balaban J connectivity index is 1.96. The number of hydrogen-bond acceptors (Lipinski definition) is 8. The average Bonchev–Trinajstić information content (AvgIpc) is 3.21. The van der Waals surface area contributed by atoms with Gasteiger partial charge in [0, 0.05) is 18.6 Å². The van der Waals surface area contributed by atoms with E-state index >= 15 is 0 Å². The molecule has 1 heterocycles. The number of methoxy groups -OCH3 is 1. The monoisotopic (exact) mass is 465 g/mol. The zero-order valence-electron chi connectivity index (χ0n) is 17.0. The molecule has 0 aliphatic carbocycles. The van der Waals surface area contributed by atoms with Gasteiger partial charge in [0.05, 0.1) is 23.5 Å². The number of thiophene rings is 1. The van der Waals surface area contributed by atoms with Crippen LogP contribution in [0, 0.1) is 0 Å². The van der Waals surface area contributed by atoms with E-state index in [0.29, 0.717) is 18.0 Å². The fraction of sp³-hybridized carbons (Fsp3) is 0.300. The van der Waals surface area contributed by atoms with Crippen LogP contribution in [0.25, 0.3) is 0 Å². The van der Waals surface area contributed by atoms with Crippen LogP contribution >= 0.6 is 23.1 Å². The highest BCUT2D eigenvalue weighted by Crippen LogP contribution is 2.25. The number of esters is 1. The van der Waals surface area contributed by atoms with Crippen LogP contribution in [-0.2, 0) is 19.1 Å². The van der Waals surface area contributed by atoms with E-state index in [0.717, 1.165) is 11.3 Å². The maximum atomic E-state index is 12.6. The third-order valence-electron chi connectivity index (χ3n) is 3.91. The standard InChI is InChI=1S/C20H23N3O6S2/c1-12(18(26)23-19-14(17(21)25)7-10-30-19)29-20(27)13-5-3-4-6-15(13)31-11-16(24)22-8-9-28-2/h3-7,10,12H,8-9,11H2,1-2H3,(H2,21,25)(H,22,24)(H,23,26). The molecule has 1 unspecified atom stereocenters. The number of nitrogens with one attached hydrogen (secondary N) is 2. The molecule has 0 saturated carbocycles. The molecule has 0 radical (unpaired) electrons. The van der Waals surface area contributed by atoms with E-state index in [1.807, 2.05) is 0 Å². The Kier molecular flexibility index (Phi) is 9.50. The molecule has 1 atom stereocenters. The number of primary amides is 1. The van der Waals surface area contributed by atoms with Gasteiger partial charge in [-0.05, 0) is 30.5 Å². The van der Waals surface area contributed by atoms with E-state index in [4.69, 9.17) is 15.2 Å². The van der Waals surface area contributed by atoms with Crippen LogP contribution in [0.5, 0.6) is 0 Å². The van der Waals surface area contributed by atoms with E-state index in [2.05, 4.69) is 10.6 Å². The van der Waals surface area contributed by atoms with Crippen LogP contribution in [0.4, 0.5) is 5.00 Å². The molecule has 2 rings (SSSR count). The fourth-order valence-corrected chi connectivity index (χ4v) is 4.00. The molecule has 1 aromatic carbocycles. The molecule has 0 aliphatic heterocycles. The maximum Gasteiger partial charge on any atom is 0.340 e. The van der Waals surface area contributed by atoms with Gasteiger partial charge in [0.25, 0.3) is 11.8 Å². The summed E-state index contributed by atoms with van der Waals surface area (Å²) in [6.45, 7) is 2.23. The molecule has 9 nitrogen and oxygen atoms in total. The Morgan fingerprint density at radius 1 is 1.16 bits per heavy atom. The second-order valence-electron chi connectivity index (χ2n) is 6.19. The van der Waals surface area contributed by atoms with Gasteiger partial charge in [-0.1, -0.05) is 12.1 Å². The van der Waals surface area contributed by atoms with E-state index < -0.39 is 23.9 Å². The number of carbonyl (C=O) groups excluding carboxylic acids is 4. The first-order valence-corrected chi connectivity index (χ1v) is 11.1. The minimum absolute atomic E-state index is 0.109. The van der Waals surface area contributed by atoms with Crippen molar-refractivity contribution in [2.24, 2.45) is 5.73 Å². The van der Waals surface area contributed by atoms with Crippen molar-refractivity contribution in [3.8, 4) is 0 Å². The Hall–Kier alpha value is -2.89. The molecule has 11 heteroatoms. The van der Waals surface area contributed by atoms with Crippen molar-refractivity contribution in [3.05, 3.63) is 46.8 Å². The molecule has 31 heavy (non-hydrogen) atoms. The molecule has 3 amide bonds. The lowest BCUT2D eigenvalue weighted by Crippen LogP contribution is -2.30. The van der Waals surface area contributed by atoms with Crippen LogP contribution in [0.1, 0.15) is 27.6 Å². The molecule has 2 aromatic rings. The summed E-state index contributed by atoms with van der Waals surface area (Å²) in [6, 6.07) is 8.15. The van der Waals surface area contributed by atoms with Crippen LogP contribution < -0.4 is 16.4 Å². The van der Waals surface area contributed by atoms with Crippen molar-refractivity contribution < 1.29 is 28.7 Å². The van der Waals surface area contributed by atoms with E-state index in [9.17, 15) is 19.2 Å². The summed E-state index contributed by atoms with van der Waals surface area (Å²) in [5, 5.41) is 7.14. The van der Waals surface area contributed by atoms with Gasteiger partial charge < -0.3 is 25.8 Å². The van der Waals surface area contributed by atoms with Crippen molar-refractivity contribution in [2.45, 2.75) is 17.9 Å². The quantitative estimate of drug-likeness (QED) is 0.262. The van der Waals surface area contributed by atoms with E-state index in [-0.39, 0.29) is 27.8 Å². The SMILES string of the molecule is COCCNC(=O)CSc1ccccc1C(=O)OC(C)C(=O)Nc1sccc1C(N)=O. The molecule has 0 spiro atoms. The molecule has 0 aliphatic rings. The minimum atomic E-state index is -1.12. The fourth-order valence-electron chi connectivity index (χ4n) is 2.34. The van der Waals surface area contributed by atoms with Crippen LogP contribution in [0.3, 0.4) is 0 Å². The van der Waals surface area contributed by atoms with E-state index in [1.165, 1.54) is 24.8 Å². The number of carbonyl (C=O) groups is 4. The summed E-state index contributed by atoms with van der Waals surface area (Å²) in [4.78, 5) is 48.8. The summed E-state index contributed by atoms with van der Waals surface area (Å²) >= 11 is 2.32. The van der Waals surface area contributed by atoms with Gasteiger partial charge in [-0.3, -0.25) is 14.4 Å². The number of nitrogens with two attached hydrogens (primary N) is 1. The van der Waals surface area contributed by atoms with Gasteiger partial charge >= 0.3 is 5.97 Å². The normalized spacial score (nSPS) is 11.4. The number of benzene rings is 1. The van der Waals surface area contributed by atoms with Crippen LogP contribution in [-0.4, -0.2) is 55.8 Å². The number of ether oxygens (including phenoxy) is 2. The zero-order chi connectivity index (χ0) is 22.8. The largest absolute Gasteiger partial charge is 0.449 e. The Bertz CT molecular complexity index is 947. The number of thioether (sulfide) groups is 1. The van der Waals surface area contributed by atoms with Gasteiger partial charge in [-0.2, -0.15) is 0 Å². The Labute approximate surface area is 187 Å². The lowest BCUT2D eigenvalue weighted by atomic mass is 10.2. The second-order valence-corrected chi connectivity index (χ2v) is 8.13. The molecule has 0 saturated heterocycles. The van der Waals surface area contributed by atoms with E-state index in [1.54, 1.807) is 36.8 Å². The topological polar surface area (TPSA) is 137 Å². The third kappa shape index (κ3) is 7.39. The highest BCUT2D eigenvalue weighted by atomic mass is 32.2. The Morgan fingerprint density at radius 2 is 1.90 bits per heavy atom. The maximum absolute atomic E-state index is 12.6. The van der Waals surface area contributed by atoms with Crippen molar-refractivity contribution in [2.75, 3.05) is 31.3 Å². The minimum Gasteiger partial charge on any atom is -0.449 e. The molecule has 4 N–H and O–H groups in total. The first kappa shape index (κ1) is 24.4. The van der Waals surface area contributed by atoms with Crippen LogP contribution in [0.2, 0.25) is 0 Å². The highest BCUT2D eigenvalue weighted by molar-refractivity contribution is 8.00. The van der Waals surface area contributed by atoms with Crippen molar-refractivity contribution >= 4 is 51.8 Å². The number of hydrogen-bond donors (Lipinski definition) is 3. The van der Waals surface area contributed by atoms with Crippen molar-refractivity contribution in [3.63, 3.8) is 0 Å². The first-order chi connectivity index (χ1) is 14.8.